The van der Waals surface area contributed by atoms with Crippen molar-refractivity contribution in [3.63, 3.8) is 0 Å². The third-order valence-corrected chi connectivity index (χ3v) is 6.51. The van der Waals surface area contributed by atoms with Crippen molar-refractivity contribution in [2.45, 2.75) is 45.4 Å². The molecule has 38 heavy (non-hydrogen) atoms. The summed E-state index contributed by atoms with van der Waals surface area (Å²) >= 11 is 0. The van der Waals surface area contributed by atoms with E-state index in [1.807, 2.05) is 41.3 Å². The Morgan fingerprint density at radius 2 is 1.82 bits per heavy atom. The molecule has 0 aliphatic carbocycles. The molecule has 1 saturated heterocycles. The average molecular weight is 513 g/mol. The number of hydrogen-bond donors (Lipinski definition) is 1. The molecular weight excluding hydrogens is 484 g/mol. The minimum absolute atomic E-state index is 0.0482. The summed E-state index contributed by atoms with van der Waals surface area (Å²) in [6, 6.07) is 18.0. The van der Waals surface area contributed by atoms with Crippen LogP contribution in [0.2, 0.25) is 0 Å². The van der Waals surface area contributed by atoms with Crippen molar-refractivity contribution in [3.8, 4) is 6.07 Å². The van der Waals surface area contributed by atoms with Gasteiger partial charge < -0.3 is 15.0 Å². The smallest absolute Gasteiger partial charge is 0.407 e. The molecule has 5 rings (SSSR count). The molecule has 3 aromatic rings. The molecule has 9 nitrogen and oxygen atoms in total. The van der Waals surface area contributed by atoms with Crippen molar-refractivity contribution in [1.29, 1.82) is 5.26 Å². The maximum atomic E-state index is 13.4. The van der Waals surface area contributed by atoms with Gasteiger partial charge in [-0.2, -0.15) is 5.26 Å². The molecule has 3 amide bonds. The monoisotopic (exact) mass is 512 g/mol. The number of amides is 3. The van der Waals surface area contributed by atoms with Gasteiger partial charge in [-0.05, 0) is 44.9 Å². The lowest BCUT2D eigenvalue weighted by atomic mass is 9.91. The molecule has 0 saturated carbocycles. The lowest BCUT2D eigenvalue weighted by Gasteiger charge is -2.29. The molecule has 2 aliphatic rings. The lowest BCUT2D eigenvalue weighted by molar-refractivity contribution is -0.104. The minimum atomic E-state index is -0.608. The third-order valence-electron chi connectivity index (χ3n) is 6.51. The highest BCUT2D eigenvalue weighted by molar-refractivity contribution is 6.26. The van der Waals surface area contributed by atoms with E-state index < -0.39 is 23.5 Å². The maximum Gasteiger partial charge on any atom is 0.407 e. The summed E-state index contributed by atoms with van der Waals surface area (Å²) in [6.07, 6.45) is 0.167. The molecule has 0 unspecified atom stereocenters. The predicted molar refractivity (Wildman–Crippen MR) is 140 cm³/mol. The second-order valence-electron chi connectivity index (χ2n) is 10.4. The first-order chi connectivity index (χ1) is 18.2. The molecule has 0 spiro atoms. The zero-order valence-corrected chi connectivity index (χ0v) is 21.5. The van der Waals surface area contributed by atoms with Gasteiger partial charge in [0, 0.05) is 23.9 Å². The number of alkyl carbamates (subject to hydrolysis) is 1. The SMILES string of the molecule is CC(C)(C)OC(=O)N[C@H]1CCN(c2c(C#N)cc3c4c(cccc24)C(=O)N(OCc2ccccc2)C3=O)C1. The van der Waals surface area contributed by atoms with E-state index in [2.05, 4.69) is 11.4 Å². The zero-order valence-electron chi connectivity index (χ0n) is 21.5. The van der Waals surface area contributed by atoms with Gasteiger partial charge >= 0.3 is 6.09 Å². The third kappa shape index (κ3) is 4.78. The molecule has 1 atom stereocenters. The Balaban J connectivity index is 1.46. The summed E-state index contributed by atoms with van der Waals surface area (Å²) in [5, 5.41) is 14.9. The number of carbonyl (C=O) groups excluding carboxylic acids is 3. The van der Waals surface area contributed by atoms with E-state index in [4.69, 9.17) is 9.57 Å². The van der Waals surface area contributed by atoms with E-state index in [1.165, 1.54) is 6.07 Å². The Kier molecular flexibility index (Phi) is 6.51. The van der Waals surface area contributed by atoms with Gasteiger partial charge in [0.1, 0.15) is 18.3 Å². The van der Waals surface area contributed by atoms with Crippen LogP contribution in [0.15, 0.2) is 54.6 Å². The molecule has 1 fully saturated rings. The van der Waals surface area contributed by atoms with E-state index in [0.29, 0.717) is 47.1 Å². The van der Waals surface area contributed by atoms with Gasteiger partial charge in [-0.3, -0.25) is 14.4 Å². The molecule has 0 bridgehead atoms. The van der Waals surface area contributed by atoms with Gasteiger partial charge in [0.2, 0.25) is 0 Å². The van der Waals surface area contributed by atoms with Crippen molar-refractivity contribution in [2.24, 2.45) is 0 Å². The first kappa shape index (κ1) is 25.2. The number of benzene rings is 3. The fourth-order valence-corrected chi connectivity index (χ4v) is 4.94. The van der Waals surface area contributed by atoms with E-state index in [0.717, 1.165) is 10.6 Å². The average Bonchev–Trinajstić information content (AvgIpc) is 3.33. The van der Waals surface area contributed by atoms with E-state index in [-0.39, 0.29) is 18.2 Å². The summed E-state index contributed by atoms with van der Waals surface area (Å²) in [5.74, 6) is -1.16. The lowest BCUT2D eigenvalue weighted by Crippen LogP contribution is -2.41. The largest absolute Gasteiger partial charge is 0.444 e. The molecule has 194 valence electrons. The number of ether oxygens (including phenoxy) is 1. The topological polar surface area (TPSA) is 112 Å². The quantitative estimate of drug-likeness (QED) is 0.500. The second kappa shape index (κ2) is 9.80. The highest BCUT2D eigenvalue weighted by Gasteiger charge is 2.37. The summed E-state index contributed by atoms with van der Waals surface area (Å²) in [6.45, 7) is 6.50. The van der Waals surface area contributed by atoms with Gasteiger partial charge in [-0.25, -0.2) is 4.79 Å². The van der Waals surface area contributed by atoms with Crippen molar-refractivity contribution in [2.75, 3.05) is 18.0 Å². The molecule has 9 heteroatoms. The molecule has 2 heterocycles. The highest BCUT2D eigenvalue weighted by Crippen LogP contribution is 2.39. The van der Waals surface area contributed by atoms with Gasteiger partial charge in [0.15, 0.2) is 0 Å². The Hall–Kier alpha value is -4.42. The zero-order chi connectivity index (χ0) is 27.0. The van der Waals surface area contributed by atoms with E-state index in [9.17, 15) is 19.6 Å². The van der Waals surface area contributed by atoms with E-state index in [1.54, 1.807) is 32.9 Å². The molecule has 3 aromatic carbocycles. The Bertz CT molecular complexity index is 1470. The molecule has 1 N–H and O–H groups in total. The summed E-state index contributed by atoms with van der Waals surface area (Å²) < 4.78 is 5.38. The van der Waals surface area contributed by atoms with E-state index >= 15 is 0 Å². The molecule has 0 radical (unpaired) electrons. The number of hydrogen-bond acceptors (Lipinski definition) is 7. The Labute approximate surface area is 220 Å². The number of nitrogens with zero attached hydrogens (tertiary/aromatic N) is 3. The van der Waals surface area contributed by atoms with Gasteiger partial charge in [0.05, 0.1) is 28.4 Å². The van der Waals surface area contributed by atoms with Crippen LogP contribution in [0.1, 0.15) is 59.0 Å². The van der Waals surface area contributed by atoms with Crippen molar-refractivity contribution < 1.29 is 24.0 Å². The summed E-state index contributed by atoms with van der Waals surface area (Å²) in [4.78, 5) is 46.7. The maximum absolute atomic E-state index is 13.4. The fourth-order valence-electron chi connectivity index (χ4n) is 4.94. The summed E-state index contributed by atoms with van der Waals surface area (Å²) in [7, 11) is 0. The Morgan fingerprint density at radius 1 is 1.08 bits per heavy atom. The normalized spacial score (nSPS) is 17.1. The van der Waals surface area contributed by atoms with Gasteiger partial charge in [-0.1, -0.05) is 42.5 Å². The number of imide groups is 1. The predicted octanol–water partition coefficient (Wildman–Crippen LogP) is 4.54. The molecule has 2 aliphatic heterocycles. The van der Waals surface area contributed by atoms with Crippen LogP contribution in [0.3, 0.4) is 0 Å². The standard InChI is InChI=1S/C29H28N4O5/c1-29(2,3)38-28(36)31-20-12-13-32(16-20)25-19(15-30)14-23-24-21(25)10-7-11-22(24)26(34)33(27(23)35)37-17-18-8-5-4-6-9-18/h4-11,14,20H,12-13,16-17H2,1-3H3,(H,31,36)/t20-/m0/s1. The van der Waals surface area contributed by atoms with Crippen molar-refractivity contribution in [3.05, 3.63) is 76.9 Å². The van der Waals surface area contributed by atoms with Crippen LogP contribution in [-0.2, 0) is 16.2 Å². The van der Waals surface area contributed by atoms with Crippen LogP contribution < -0.4 is 10.2 Å². The summed E-state index contributed by atoms with van der Waals surface area (Å²) in [5.41, 5.74) is 1.73. The van der Waals surface area contributed by atoms with Crippen LogP contribution in [0.25, 0.3) is 10.8 Å². The number of rotatable bonds is 5. The number of nitrogens with one attached hydrogen (secondary N) is 1. The second-order valence-corrected chi connectivity index (χ2v) is 10.4. The van der Waals surface area contributed by atoms with Crippen LogP contribution in [0.4, 0.5) is 10.5 Å². The van der Waals surface area contributed by atoms with Crippen molar-refractivity contribution >= 4 is 34.4 Å². The fraction of sp³-hybridized carbons (Fsp3) is 0.310. The van der Waals surface area contributed by atoms with Crippen LogP contribution in [0, 0.1) is 11.3 Å². The molecular formula is C29H28N4O5. The number of carbonyl (C=O) groups is 3. The molecule has 0 aromatic heterocycles. The number of anilines is 1. The first-order valence-corrected chi connectivity index (χ1v) is 12.5. The van der Waals surface area contributed by atoms with Crippen LogP contribution in [0.5, 0.6) is 0 Å². The van der Waals surface area contributed by atoms with Gasteiger partial charge in [0.25, 0.3) is 11.8 Å². The Morgan fingerprint density at radius 3 is 2.53 bits per heavy atom. The van der Waals surface area contributed by atoms with Crippen LogP contribution >= 0.6 is 0 Å². The minimum Gasteiger partial charge on any atom is -0.444 e. The van der Waals surface area contributed by atoms with Gasteiger partial charge in [-0.15, -0.1) is 5.06 Å². The number of hydroxylamine groups is 2. The number of nitriles is 1. The highest BCUT2D eigenvalue weighted by atomic mass is 16.7. The first-order valence-electron chi connectivity index (χ1n) is 12.5. The van der Waals surface area contributed by atoms with Crippen LogP contribution in [-0.4, -0.2) is 47.7 Å². The van der Waals surface area contributed by atoms with Crippen molar-refractivity contribution in [1.82, 2.24) is 10.4 Å².